The lowest BCUT2D eigenvalue weighted by Crippen LogP contribution is -2.49. The van der Waals surface area contributed by atoms with E-state index in [-0.39, 0.29) is 18.1 Å². The summed E-state index contributed by atoms with van der Waals surface area (Å²) in [6.07, 6.45) is 1.48. The Kier molecular flexibility index (Phi) is 5.27. The Morgan fingerprint density at radius 1 is 1.42 bits per heavy atom. The summed E-state index contributed by atoms with van der Waals surface area (Å²) >= 11 is 0. The molecule has 1 aromatic carbocycles. The van der Waals surface area contributed by atoms with Crippen LogP contribution in [0.15, 0.2) is 36.5 Å². The van der Waals surface area contributed by atoms with Gasteiger partial charge in [0.1, 0.15) is 0 Å². The first-order valence-electron chi connectivity index (χ1n) is 8.39. The Hall–Kier alpha value is -2.18. The first-order valence-corrected chi connectivity index (χ1v) is 8.39. The van der Waals surface area contributed by atoms with Crippen molar-refractivity contribution in [2.75, 3.05) is 26.2 Å². The van der Waals surface area contributed by atoms with Gasteiger partial charge in [-0.2, -0.15) is 5.10 Å². The van der Waals surface area contributed by atoms with Gasteiger partial charge >= 0.3 is 0 Å². The number of aromatic nitrogens is 2. The molecule has 1 aliphatic rings. The molecule has 1 saturated heterocycles. The van der Waals surface area contributed by atoms with Crippen LogP contribution in [0, 0.1) is 6.92 Å². The van der Waals surface area contributed by atoms with Crippen molar-refractivity contribution in [3.05, 3.63) is 53.3 Å². The average Bonchev–Trinajstić information content (AvgIpc) is 3.06. The van der Waals surface area contributed by atoms with Gasteiger partial charge in [0.25, 0.3) is 5.91 Å². The van der Waals surface area contributed by atoms with Crippen LogP contribution in [0.2, 0.25) is 0 Å². The number of carbonyl (C=O) groups is 1. The van der Waals surface area contributed by atoms with Crippen LogP contribution in [-0.2, 0) is 4.74 Å². The summed E-state index contributed by atoms with van der Waals surface area (Å²) in [7, 11) is 0. The molecular formula is C18H24N4O2. The van der Waals surface area contributed by atoms with Gasteiger partial charge in [-0.1, -0.05) is 37.3 Å². The van der Waals surface area contributed by atoms with Crippen LogP contribution in [0.3, 0.4) is 0 Å². The molecule has 2 aromatic rings. The van der Waals surface area contributed by atoms with Gasteiger partial charge < -0.3 is 10.1 Å². The fourth-order valence-electron chi connectivity index (χ4n) is 3.26. The van der Waals surface area contributed by atoms with E-state index in [0.29, 0.717) is 18.7 Å². The molecule has 0 saturated carbocycles. The second kappa shape index (κ2) is 7.59. The molecule has 0 radical (unpaired) electrons. The Bertz CT molecular complexity index is 671. The number of hydrogen-bond donors (Lipinski definition) is 2. The van der Waals surface area contributed by atoms with E-state index >= 15 is 0 Å². The zero-order valence-electron chi connectivity index (χ0n) is 14.2. The molecule has 6 nitrogen and oxygen atoms in total. The number of amides is 1. The zero-order chi connectivity index (χ0) is 16.9. The summed E-state index contributed by atoms with van der Waals surface area (Å²) < 4.78 is 6.00. The fraction of sp³-hybridized carbons (Fsp3) is 0.444. The third-order valence-electron chi connectivity index (χ3n) is 4.54. The zero-order valence-corrected chi connectivity index (χ0v) is 14.2. The predicted molar refractivity (Wildman–Crippen MR) is 91.8 cm³/mol. The van der Waals surface area contributed by atoms with Crippen LogP contribution >= 0.6 is 0 Å². The summed E-state index contributed by atoms with van der Waals surface area (Å²) in [5.74, 6) is -0.120. The van der Waals surface area contributed by atoms with E-state index in [1.165, 1.54) is 5.56 Å². The second-order valence-electron chi connectivity index (χ2n) is 6.01. The first-order chi connectivity index (χ1) is 11.7. The van der Waals surface area contributed by atoms with E-state index in [1.807, 2.05) is 25.1 Å². The number of ether oxygens (including phenoxy) is 1. The maximum atomic E-state index is 12.3. The topological polar surface area (TPSA) is 70.2 Å². The minimum absolute atomic E-state index is 0.0720. The fourth-order valence-corrected chi connectivity index (χ4v) is 3.26. The molecule has 128 valence electrons. The number of H-pyrrole nitrogens is 1. The van der Waals surface area contributed by atoms with Crippen molar-refractivity contribution in [1.29, 1.82) is 0 Å². The predicted octanol–water partition coefficient (Wildman–Crippen LogP) is 1.91. The number of likely N-dealkylation sites (N-methyl/N-ethyl adjacent to an activating group) is 1. The molecule has 1 aromatic heterocycles. The Morgan fingerprint density at radius 2 is 2.21 bits per heavy atom. The number of morpholine rings is 1. The highest BCUT2D eigenvalue weighted by Gasteiger charge is 2.33. The molecule has 2 heterocycles. The quantitative estimate of drug-likeness (QED) is 0.880. The van der Waals surface area contributed by atoms with Crippen molar-refractivity contribution in [2.24, 2.45) is 0 Å². The molecule has 0 spiro atoms. The van der Waals surface area contributed by atoms with Crippen molar-refractivity contribution in [2.45, 2.75) is 26.0 Å². The summed E-state index contributed by atoms with van der Waals surface area (Å²) in [5, 5.41) is 9.68. The summed E-state index contributed by atoms with van der Waals surface area (Å²) in [5.41, 5.74) is 2.57. The van der Waals surface area contributed by atoms with E-state index in [4.69, 9.17) is 4.74 Å². The maximum Gasteiger partial charge on any atom is 0.254 e. The normalized spacial score (nSPS) is 21.6. The lowest BCUT2D eigenvalue weighted by molar-refractivity contribution is -0.0685. The second-order valence-corrected chi connectivity index (χ2v) is 6.01. The van der Waals surface area contributed by atoms with Gasteiger partial charge in [0, 0.05) is 18.8 Å². The minimum atomic E-state index is -0.120. The molecular weight excluding hydrogens is 304 g/mol. The van der Waals surface area contributed by atoms with Crippen molar-refractivity contribution in [1.82, 2.24) is 20.4 Å². The van der Waals surface area contributed by atoms with Gasteiger partial charge in [-0.05, 0) is 19.0 Å². The van der Waals surface area contributed by atoms with Gasteiger partial charge in [-0.25, -0.2) is 0 Å². The molecule has 2 N–H and O–H groups in total. The van der Waals surface area contributed by atoms with E-state index in [2.05, 4.69) is 39.5 Å². The summed E-state index contributed by atoms with van der Waals surface area (Å²) in [6.45, 7) is 7.01. The van der Waals surface area contributed by atoms with E-state index in [0.717, 1.165) is 18.8 Å². The molecule has 1 amide bonds. The number of carbonyl (C=O) groups excluding carboxylic acids is 1. The number of nitrogens with one attached hydrogen (secondary N) is 2. The molecule has 24 heavy (non-hydrogen) atoms. The highest BCUT2D eigenvalue weighted by molar-refractivity contribution is 5.94. The SMILES string of the molecule is CCN1CCO[C@@H](CNC(=O)c2cn[nH]c2C)[C@@H]1c1ccccc1. The van der Waals surface area contributed by atoms with Gasteiger partial charge in [-0.3, -0.25) is 14.8 Å². The van der Waals surface area contributed by atoms with E-state index in [9.17, 15) is 4.79 Å². The number of aryl methyl sites for hydroxylation is 1. The highest BCUT2D eigenvalue weighted by Crippen LogP contribution is 2.29. The van der Waals surface area contributed by atoms with Crippen molar-refractivity contribution < 1.29 is 9.53 Å². The summed E-state index contributed by atoms with van der Waals surface area (Å²) in [6, 6.07) is 10.5. The molecule has 0 bridgehead atoms. The van der Waals surface area contributed by atoms with Crippen LogP contribution < -0.4 is 5.32 Å². The molecule has 1 fully saturated rings. The molecule has 2 atom stereocenters. The molecule has 0 unspecified atom stereocenters. The van der Waals surface area contributed by atoms with E-state index < -0.39 is 0 Å². The molecule has 3 rings (SSSR count). The van der Waals surface area contributed by atoms with Crippen LogP contribution in [0.4, 0.5) is 0 Å². The van der Waals surface area contributed by atoms with Gasteiger partial charge in [0.15, 0.2) is 0 Å². The van der Waals surface area contributed by atoms with Crippen LogP contribution in [0.5, 0.6) is 0 Å². The number of hydrogen-bond acceptors (Lipinski definition) is 4. The standard InChI is InChI=1S/C18H24N4O2/c1-3-22-9-10-24-16(17(22)14-7-5-4-6-8-14)12-19-18(23)15-11-20-21-13(15)2/h4-8,11,16-17H,3,9-10,12H2,1-2H3,(H,19,23)(H,20,21)/t16-,17-/m0/s1. The molecule has 1 aliphatic heterocycles. The summed E-state index contributed by atoms with van der Waals surface area (Å²) in [4.78, 5) is 14.7. The smallest absolute Gasteiger partial charge is 0.254 e. The first kappa shape index (κ1) is 16.7. The Labute approximate surface area is 142 Å². The van der Waals surface area contributed by atoms with Crippen molar-refractivity contribution in [3.63, 3.8) is 0 Å². The number of rotatable bonds is 5. The lowest BCUT2D eigenvalue weighted by Gasteiger charge is -2.41. The monoisotopic (exact) mass is 328 g/mol. The lowest BCUT2D eigenvalue weighted by atomic mass is 9.97. The van der Waals surface area contributed by atoms with Gasteiger partial charge in [-0.15, -0.1) is 0 Å². The largest absolute Gasteiger partial charge is 0.373 e. The number of nitrogens with zero attached hydrogens (tertiary/aromatic N) is 2. The molecule has 6 heteroatoms. The minimum Gasteiger partial charge on any atom is -0.373 e. The average molecular weight is 328 g/mol. The number of aromatic amines is 1. The number of benzene rings is 1. The van der Waals surface area contributed by atoms with Crippen molar-refractivity contribution >= 4 is 5.91 Å². The third kappa shape index (κ3) is 3.49. The van der Waals surface area contributed by atoms with Gasteiger partial charge in [0.05, 0.1) is 30.5 Å². The molecule has 0 aliphatic carbocycles. The van der Waals surface area contributed by atoms with Crippen molar-refractivity contribution in [3.8, 4) is 0 Å². The Morgan fingerprint density at radius 3 is 2.88 bits per heavy atom. The van der Waals surface area contributed by atoms with Crippen LogP contribution in [0.1, 0.15) is 34.6 Å². The Balaban J connectivity index is 1.72. The highest BCUT2D eigenvalue weighted by atomic mass is 16.5. The van der Waals surface area contributed by atoms with Crippen LogP contribution in [-0.4, -0.2) is 53.3 Å². The van der Waals surface area contributed by atoms with Gasteiger partial charge in [0.2, 0.25) is 0 Å². The maximum absolute atomic E-state index is 12.3. The third-order valence-corrected chi connectivity index (χ3v) is 4.54. The van der Waals surface area contributed by atoms with Crippen LogP contribution in [0.25, 0.3) is 0 Å². The van der Waals surface area contributed by atoms with E-state index in [1.54, 1.807) is 6.20 Å².